The summed E-state index contributed by atoms with van der Waals surface area (Å²) in [4.78, 5) is 11.5. The number of nitrogens with one attached hydrogen (secondary N) is 1. The van der Waals surface area contributed by atoms with Crippen LogP contribution in [0.2, 0.25) is 0 Å². The van der Waals surface area contributed by atoms with E-state index in [1.54, 1.807) is 26.4 Å². The molecule has 0 radical (unpaired) electrons. The van der Waals surface area contributed by atoms with Gasteiger partial charge in [0.1, 0.15) is 18.1 Å². The van der Waals surface area contributed by atoms with Crippen LogP contribution in [0.25, 0.3) is 0 Å². The Morgan fingerprint density at radius 3 is 1.79 bits per heavy atom. The Kier molecular flexibility index (Phi) is 11.6. The summed E-state index contributed by atoms with van der Waals surface area (Å²) in [6.45, 7) is 0.409. The van der Waals surface area contributed by atoms with Gasteiger partial charge in [-0.2, -0.15) is 0 Å². The molecule has 8 nitrogen and oxygen atoms in total. The van der Waals surface area contributed by atoms with Crippen LogP contribution >= 0.6 is 0 Å². The van der Waals surface area contributed by atoms with Crippen LogP contribution in [0.15, 0.2) is 127 Å². The second-order valence-electron chi connectivity index (χ2n) is 11.4. The molecular weight excluding hydrogens is 592 g/mol. The Bertz CT molecular complexity index is 1650. The first kappa shape index (κ1) is 33.2. The quantitative estimate of drug-likeness (QED) is 0.0851. The molecule has 8 heteroatoms. The number of hydrogen-bond donors (Lipinski definition) is 2. The number of nitrogens with zero attached hydrogens (tertiary/aromatic N) is 1. The fraction of sp³-hybridized carbons (Fsp3) is 0.231. The van der Waals surface area contributed by atoms with E-state index in [0.29, 0.717) is 5.56 Å². The molecule has 0 spiro atoms. The highest BCUT2D eigenvalue weighted by atomic mass is 16.6. The van der Waals surface area contributed by atoms with Crippen LogP contribution in [-0.2, 0) is 13.0 Å². The molecule has 0 aliphatic rings. The molecule has 0 saturated carbocycles. The third-order valence-electron chi connectivity index (χ3n) is 8.28. The summed E-state index contributed by atoms with van der Waals surface area (Å²) in [5.74, 6) is 1.77. The van der Waals surface area contributed by atoms with Crippen molar-refractivity contribution in [3.05, 3.63) is 165 Å². The van der Waals surface area contributed by atoms with Crippen molar-refractivity contribution in [2.45, 2.75) is 37.5 Å². The van der Waals surface area contributed by atoms with Crippen LogP contribution in [0.1, 0.15) is 46.3 Å². The number of benzene rings is 5. The number of aliphatic hydroxyl groups is 1. The highest BCUT2D eigenvalue weighted by Gasteiger charge is 2.24. The van der Waals surface area contributed by atoms with Crippen molar-refractivity contribution in [2.75, 3.05) is 20.8 Å². The van der Waals surface area contributed by atoms with Gasteiger partial charge in [0.25, 0.3) is 0 Å². The highest BCUT2D eigenvalue weighted by molar-refractivity contribution is 5.49. The van der Waals surface area contributed by atoms with Crippen molar-refractivity contribution in [2.24, 2.45) is 0 Å². The van der Waals surface area contributed by atoms with Crippen molar-refractivity contribution in [1.29, 1.82) is 0 Å². The van der Waals surface area contributed by atoms with Gasteiger partial charge in [-0.1, -0.05) is 91.0 Å². The van der Waals surface area contributed by atoms with Gasteiger partial charge in [-0.3, -0.25) is 10.1 Å². The maximum absolute atomic E-state index is 12.0. The lowest BCUT2D eigenvalue weighted by atomic mass is 9.84. The summed E-state index contributed by atoms with van der Waals surface area (Å²) in [7, 11) is 3.31. The number of hydrogen-bond acceptors (Lipinski definition) is 7. The van der Waals surface area contributed by atoms with Gasteiger partial charge in [-0.15, -0.1) is 0 Å². The SMILES string of the molecule is COc1ccc(C(CC(Cc2ccccc2)NC[C@H](O)c2ccc(OCc3ccccc3)c([N+](=O)[O-])c2)c2ccc(OC)cc2)cc1. The molecule has 242 valence electrons. The molecule has 0 amide bonds. The number of nitro benzene ring substituents is 1. The third kappa shape index (κ3) is 9.19. The van der Waals surface area contributed by atoms with Crippen LogP contribution < -0.4 is 19.5 Å². The minimum absolute atomic E-state index is 0.0345. The van der Waals surface area contributed by atoms with Crippen LogP contribution in [0.4, 0.5) is 5.69 Å². The van der Waals surface area contributed by atoms with Crippen molar-refractivity contribution < 1.29 is 24.2 Å². The van der Waals surface area contributed by atoms with Crippen LogP contribution in [0.3, 0.4) is 0 Å². The molecule has 0 aliphatic carbocycles. The molecule has 2 atom stereocenters. The lowest BCUT2D eigenvalue weighted by molar-refractivity contribution is -0.386. The zero-order chi connectivity index (χ0) is 33.0. The topological polar surface area (TPSA) is 103 Å². The summed E-state index contributed by atoms with van der Waals surface area (Å²) in [6.07, 6.45) is 0.478. The minimum Gasteiger partial charge on any atom is -0.497 e. The van der Waals surface area contributed by atoms with Crippen LogP contribution in [0.5, 0.6) is 17.2 Å². The van der Waals surface area contributed by atoms with Crippen LogP contribution in [-0.4, -0.2) is 36.8 Å². The molecule has 0 heterocycles. The molecule has 0 saturated heterocycles. The molecule has 1 unspecified atom stereocenters. The highest BCUT2D eigenvalue weighted by Crippen LogP contribution is 2.34. The van der Waals surface area contributed by atoms with E-state index in [0.717, 1.165) is 41.0 Å². The normalized spacial score (nSPS) is 12.3. The van der Waals surface area contributed by atoms with Gasteiger partial charge in [0, 0.05) is 24.6 Å². The molecule has 5 aromatic carbocycles. The second-order valence-corrected chi connectivity index (χ2v) is 11.4. The van der Waals surface area contributed by atoms with Gasteiger partial charge in [-0.05, 0) is 71.0 Å². The van der Waals surface area contributed by atoms with E-state index in [-0.39, 0.29) is 36.5 Å². The molecule has 47 heavy (non-hydrogen) atoms. The molecule has 5 aromatic rings. The number of methoxy groups -OCH3 is 2. The van der Waals surface area contributed by atoms with Crippen molar-refractivity contribution in [1.82, 2.24) is 5.32 Å². The van der Waals surface area contributed by atoms with E-state index < -0.39 is 11.0 Å². The van der Waals surface area contributed by atoms with Crippen molar-refractivity contribution in [3.63, 3.8) is 0 Å². The van der Waals surface area contributed by atoms with E-state index in [1.807, 2.05) is 72.8 Å². The lowest BCUT2D eigenvalue weighted by Crippen LogP contribution is -2.36. The Balaban J connectivity index is 1.36. The van der Waals surface area contributed by atoms with E-state index in [9.17, 15) is 15.2 Å². The van der Waals surface area contributed by atoms with Gasteiger partial charge >= 0.3 is 5.69 Å². The average Bonchev–Trinajstić information content (AvgIpc) is 3.12. The predicted octanol–water partition coefficient (Wildman–Crippen LogP) is 7.65. The maximum atomic E-state index is 12.0. The molecule has 5 rings (SSSR count). The lowest BCUT2D eigenvalue weighted by Gasteiger charge is -2.27. The monoisotopic (exact) mass is 632 g/mol. The first-order chi connectivity index (χ1) is 22.9. The number of ether oxygens (including phenoxy) is 3. The second kappa shape index (κ2) is 16.4. The fourth-order valence-corrected chi connectivity index (χ4v) is 5.70. The van der Waals surface area contributed by atoms with E-state index >= 15 is 0 Å². The number of nitro groups is 1. The summed E-state index contributed by atoms with van der Waals surface area (Å²) in [6, 6.07) is 40.5. The first-order valence-electron chi connectivity index (χ1n) is 15.6. The Labute approximate surface area is 275 Å². The van der Waals surface area contributed by atoms with Gasteiger partial charge in [0.2, 0.25) is 0 Å². The van der Waals surface area contributed by atoms with Crippen LogP contribution in [0, 0.1) is 10.1 Å². The standard InChI is InChI=1S/C39H40N2O6/c1-45-34-18-13-30(14-19-34)36(31-15-20-35(46-2)21-16-31)25-33(23-28-9-5-3-6-10-28)40-26-38(42)32-17-22-39(37(24-32)41(43)44)47-27-29-11-7-4-8-12-29/h3-22,24,33,36,38,40,42H,23,25-27H2,1-2H3/t33?,38-/m0/s1. The zero-order valence-electron chi connectivity index (χ0n) is 26.6. The van der Waals surface area contributed by atoms with E-state index in [1.165, 1.54) is 11.6 Å². The Morgan fingerprint density at radius 2 is 1.26 bits per heavy atom. The summed E-state index contributed by atoms with van der Waals surface area (Å²) >= 11 is 0. The third-order valence-corrected chi connectivity index (χ3v) is 8.28. The zero-order valence-corrected chi connectivity index (χ0v) is 26.6. The van der Waals surface area contributed by atoms with Gasteiger partial charge in [0.05, 0.1) is 25.2 Å². The Hall–Kier alpha value is -5.18. The molecule has 2 N–H and O–H groups in total. The average molecular weight is 633 g/mol. The van der Waals surface area contributed by atoms with Crippen molar-refractivity contribution >= 4 is 5.69 Å². The van der Waals surface area contributed by atoms with E-state index in [2.05, 4.69) is 41.7 Å². The maximum Gasteiger partial charge on any atom is 0.311 e. The smallest absolute Gasteiger partial charge is 0.311 e. The molecule has 0 aliphatic heterocycles. The van der Waals surface area contributed by atoms with Gasteiger partial charge < -0.3 is 24.6 Å². The molecule has 0 bridgehead atoms. The van der Waals surface area contributed by atoms with E-state index in [4.69, 9.17) is 14.2 Å². The number of aliphatic hydroxyl groups excluding tert-OH is 1. The number of rotatable bonds is 16. The van der Waals surface area contributed by atoms with Gasteiger partial charge in [-0.25, -0.2) is 0 Å². The fourth-order valence-electron chi connectivity index (χ4n) is 5.70. The van der Waals surface area contributed by atoms with Gasteiger partial charge in [0.15, 0.2) is 5.75 Å². The Morgan fingerprint density at radius 1 is 0.723 bits per heavy atom. The van der Waals surface area contributed by atoms with Crippen molar-refractivity contribution in [3.8, 4) is 17.2 Å². The minimum atomic E-state index is -0.976. The molecular formula is C39H40N2O6. The summed E-state index contributed by atoms with van der Waals surface area (Å²) in [5.41, 5.74) is 4.60. The molecule has 0 fully saturated rings. The summed E-state index contributed by atoms with van der Waals surface area (Å²) in [5, 5.41) is 26.8. The summed E-state index contributed by atoms with van der Waals surface area (Å²) < 4.78 is 16.6. The first-order valence-corrected chi connectivity index (χ1v) is 15.6. The predicted molar refractivity (Wildman–Crippen MR) is 183 cm³/mol. The largest absolute Gasteiger partial charge is 0.497 e. The molecule has 0 aromatic heterocycles.